The Morgan fingerprint density at radius 1 is 1.31 bits per heavy atom. The molecule has 2 rings (SSSR count). The number of nitrogens with zero attached hydrogens (tertiary/aromatic N) is 1. The van der Waals surface area contributed by atoms with Crippen molar-refractivity contribution in [3.05, 3.63) is 58.0 Å². The maximum atomic E-state index is 13.0. The van der Waals surface area contributed by atoms with Crippen LogP contribution in [0.25, 0.3) is 0 Å². The van der Waals surface area contributed by atoms with Crippen molar-refractivity contribution in [2.24, 2.45) is 5.92 Å². The Balaban J connectivity index is 2.55. The third kappa shape index (κ3) is 4.77. The van der Waals surface area contributed by atoms with Gasteiger partial charge in [0, 0.05) is 36.5 Å². The molecular formula is C22H26ClNO5. The Bertz CT molecular complexity index is 891. The molecule has 0 saturated carbocycles. The van der Waals surface area contributed by atoms with Gasteiger partial charge in [-0.3, -0.25) is 14.4 Å². The molecule has 0 fully saturated rings. The summed E-state index contributed by atoms with van der Waals surface area (Å²) in [5, 5.41) is 9.27. The second-order valence-corrected chi connectivity index (χ2v) is 7.91. The van der Waals surface area contributed by atoms with Crippen molar-refractivity contribution in [3.63, 3.8) is 0 Å². The van der Waals surface area contributed by atoms with Crippen LogP contribution < -0.4 is 0 Å². The van der Waals surface area contributed by atoms with E-state index in [9.17, 15) is 19.5 Å². The standard InChI is InChI=1S/C22H26ClNO5/c1-13(2)10-14(3)6-7-16-11-17-18(12-24(16)8-9-25)20(27)22(5,29-15(4)26)21(28)19(17)23/h6-7,10-13,25H,8-9H2,1-5H3/b7-6+,14-10+/t22-/m1/s1. The fourth-order valence-corrected chi connectivity index (χ4v) is 3.62. The van der Waals surface area contributed by atoms with Crippen LogP contribution in [0, 0.1) is 5.92 Å². The van der Waals surface area contributed by atoms with Gasteiger partial charge in [0.2, 0.25) is 17.2 Å². The van der Waals surface area contributed by atoms with Crippen molar-refractivity contribution in [1.29, 1.82) is 0 Å². The zero-order valence-corrected chi connectivity index (χ0v) is 18.0. The molecule has 0 aromatic carbocycles. The maximum absolute atomic E-state index is 13.0. The first kappa shape index (κ1) is 22.8. The largest absolute Gasteiger partial charge is 0.443 e. The zero-order chi connectivity index (χ0) is 21.9. The Hall–Kier alpha value is -2.44. The van der Waals surface area contributed by atoms with Crippen LogP contribution in [0.15, 0.2) is 58.0 Å². The van der Waals surface area contributed by atoms with Gasteiger partial charge in [-0.15, -0.1) is 0 Å². The van der Waals surface area contributed by atoms with Gasteiger partial charge in [0.05, 0.1) is 11.6 Å². The molecule has 0 aromatic rings. The van der Waals surface area contributed by atoms with Gasteiger partial charge in [-0.05, 0) is 31.9 Å². The quantitative estimate of drug-likeness (QED) is 0.404. The van der Waals surface area contributed by atoms with Crippen LogP contribution in [0.5, 0.6) is 0 Å². The zero-order valence-electron chi connectivity index (χ0n) is 17.3. The number of esters is 1. The molecule has 6 nitrogen and oxygen atoms in total. The summed E-state index contributed by atoms with van der Waals surface area (Å²) in [6.07, 6.45) is 9.02. The van der Waals surface area contributed by atoms with Crippen LogP contribution in [0.3, 0.4) is 0 Å². The van der Waals surface area contributed by atoms with Gasteiger partial charge in [-0.2, -0.15) is 0 Å². The highest BCUT2D eigenvalue weighted by molar-refractivity contribution is 6.49. The number of aliphatic hydroxyl groups excluding tert-OH is 1. The van der Waals surface area contributed by atoms with Crippen LogP contribution in [-0.2, 0) is 19.1 Å². The summed E-state index contributed by atoms with van der Waals surface area (Å²) >= 11 is 6.29. The Morgan fingerprint density at radius 2 is 1.97 bits per heavy atom. The van der Waals surface area contributed by atoms with Crippen LogP contribution in [0.4, 0.5) is 0 Å². The van der Waals surface area contributed by atoms with E-state index in [1.165, 1.54) is 13.1 Å². The van der Waals surface area contributed by atoms with Crippen molar-refractivity contribution in [3.8, 4) is 0 Å². The van der Waals surface area contributed by atoms with Gasteiger partial charge >= 0.3 is 5.97 Å². The first-order valence-corrected chi connectivity index (χ1v) is 9.76. The van der Waals surface area contributed by atoms with Crippen LogP contribution >= 0.6 is 11.6 Å². The molecule has 1 aliphatic heterocycles. The summed E-state index contributed by atoms with van der Waals surface area (Å²) in [6, 6.07) is 0. The van der Waals surface area contributed by atoms with Crippen molar-refractivity contribution < 1.29 is 24.2 Å². The van der Waals surface area contributed by atoms with Crippen molar-refractivity contribution >= 4 is 29.1 Å². The number of carbonyl (C=O) groups excluding carboxylic acids is 3. The van der Waals surface area contributed by atoms with Crippen molar-refractivity contribution in [1.82, 2.24) is 4.90 Å². The number of hydrogen-bond donors (Lipinski definition) is 1. The average molecular weight is 420 g/mol. The number of aliphatic hydroxyl groups is 1. The third-order valence-corrected chi connectivity index (χ3v) is 4.92. The molecule has 0 amide bonds. The van der Waals surface area contributed by atoms with E-state index in [-0.39, 0.29) is 29.3 Å². The smallest absolute Gasteiger partial charge is 0.304 e. The Morgan fingerprint density at radius 3 is 2.52 bits per heavy atom. The summed E-state index contributed by atoms with van der Waals surface area (Å²) in [6.45, 7) is 8.60. The number of hydrogen-bond acceptors (Lipinski definition) is 6. The number of carbonyl (C=O) groups is 3. The lowest BCUT2D eigenvalue weighted by molar-refractivity contribution is -0.167. The summed E-state index contributed by atoms with van der Waals surface area (Å²) in [4.78, 5) is 38.9. The molecule has 0 aromatic heterocycles. The first-order valence-electron chi connectivity index (χ1n) is 9.38. The molecule has 1 heterocycles. The number of allylic oxidation sites excluding steroid dienone is 6. The lowest BCUT2D eigenvalue weighted by Gasteiger charge is -2.35. The van der Waals surface area contributed by atoms with Crippen molar-refractivity contribution in [2.75, 3.05) is 13.2 Å². The second kappa shape index (κ2) is 8.93. The van der Waals surface area contributed by atoms with E-state index < -0.39 is 23.1 Å². The molecule has 0 bridgehead atoms. The van der Waals surface area contributed by atoms with E-state index in [4.69, 9.17) is 16.3 Å². The van der Waals surface area contributed by atoms with Gasteiger partial charge in [0.1, 0.15) is 0 Å². The van der Waals surface area contributed by atoms with Crippen LogP contribution in [0.2, 0.25) is 0 Å². The molecule has 2 aliphatic rings. The van der Waals surface area contributed by atoms with Gasteiger partial charge < -0.3 is 14.7 Å². The Labute approximate surface area is 175 Å². The Kier molecular flexibility index (Phi) is 7.03. The topological polar surface area (TPSA) is 83.9 Å². The molecular weight excluding hydrogens is 394 g/mol. The summed E-state index contributed by atoms with van der Waals surface area (Å²) in [5.41, 5.74) is 0.173. The number of Topliss-reactive ketones (excluding diaryl/α,β-unsaturated/α-hetero) is 2. The average Bonchev–Trinajstić information content (AvgIpc) is 2.62. The number of rotatable bonds is 6. The lowest BCUT2D eigenvalue weighted by Crippen LogP contribution is -2.52. The van der Waals surface area contributed by atoms with Gasteiger partial charge in [0.15, 0.2) is 0 Å². The molecule has 0 radical (unpaired) electrons. The lowest BCUT2D eigenvalue weighted by atomic mass is 9.79. The van der Waals surface area contributed by atoms with E-state index in [0.29, 0.717) is 11.6 Å². The monoisotopic (exact) mass is 419 g/mol. The molecule has 7 heteroatoms. The van der Waals surface area contributed by atoms with E-state index in [0.717, 1.165) is 12.5 Å². The number of fused-ring (bicyclic) bond motifs is 1. The van der Waals surface area contributed by atoms with Gasteiger partial charge in [-0.25, -0.2) is 0 Å². The van der Waals surface area contributed by atoms with Crippen LogP contribution in [-0.4, -0.2) is 46.3 Å². The normalized spacial score (nSPS) is 22.9. The summed E-state index contributed by atoms with van der Waals surface area (Å²) in [5.74, 6) is -1.75. The minimum Gasteiger partial charge on any atom is -0.443 e. The highest BCUT2D eigenvalue weighted by Gasteiger charge is 2.52. The minimum absolute atomic E-state index is 0.142. The number of ketones is 2. The SMILES string of the molecule is CC(=O)O[C@]1(C)C(=O)C2=CN(CCO)C(/C=C/C(C)=C/C(C)C)=CC2=C(Cl)C1=O. The first-order chi connectivity index (χ1) is 13.5. The molecule has 1 N–H and O–H groups in total. The molecule has 0 spiro atoms. The highest BCUT2D eigenvalue weighted by atomic mass is 35.5. The van der Waals surface area contributed by atoms with E-state index >= 15 is 0 Å². The van der Waals surface area contributed by atoms with E-state index in [1.54, 1.807) is 11.0 Å². The fraction of sp³-hybridized carbons (Fsp3) is 0.409. The fourth-order valence-electron chi connectivity index (χ4n) is 3.29. The minimum atomic E-state index is -2.00. The molecule has 1 atom stereocenters. The van der Waals surface area contributed by atoms with Gasteiger partial charge in [0.25, 0.3) is 0 Å². The molecule has 1 aliphatic carbocycles. The number of ether oxygens (including phenoxy) is 1. The second-order valence-electron chi connectivity index (χ2n) is 7.53. The van der Waals surface area contributed by atoms with E-state index in [2.05, 4.69) is 19.9 Å². The summed E-state index contributed by atoms with van der Waals surface area (Å²) in [7, 11) is 0. The molecule has 29 heavy (non-hydrogen) atoms. The number of halogens is 1. The van der Waals surface area contributed by atoms with Gasteiger partial charge in [-0.1, -0.05) is 43.2 Å². The molecule has 0 unspecified atom stereocenters. The van der Waals surface area contributed by atoms with Crippen LogP contribution in [0.1, 0.15) is 34.6 Å². The van der Waals surface area contributed by atoms with E-state index in [1.807, 2.05) is 19.1 Å². The molecule has 0 saturated heterocycles. The summed E-state index contributed by atoms with van der Waals surface area (Å²) < 4.78 is 5.05. The highest BCUT2D eigenvalue weighted by Crippen LogP contribution is 2.39. The molecule has 156 valence electrons. The third-order valence-electron chi connectivity index (χ3n) is 4.55. The predicted octanol–water partition coefficient (Wildman–Crippen LogP) is 3.19. The van der Waals surface area contributed by atoms with Crippen molar-refractivity contribution in [2.45, 2.75) is 40.2 Å². The maximum Gasteiger partial charge on any atom is 0.304 e. The number of β-amino-alcohol motifs (C(OH)–C–C–N with tert-alkyl or cyclic N) is 1. The predicted molar refractivity (Wildman–Crippen MR) is 111 cm³/mol.